The van der Waals surface area contributed by atoms with Gasteiger partial charge in [0.15, 0.2) is 0 Å². The third-order valence-corrected chi connectivity index (χ3v) is 3.35. The monoisotopic (exact) mass is 262 g/mol. The molecule has 0 amide bonds. The molecule has 0 aliphatic rings. The summed E-state index contributed by atoms with van der Waals surface area (Å²) in [7, 11) is 0. The van der Waals surface area contributed by atoms with E-state index in [4.69, 9.17) is 4.98 Å². The van der Waals surface area contributed by atoms with Crippen molar-refractivity contribution in [3.8, 4) is 11.3 Å². The number of para-hydroxylation sites is 1. The predicted octanol–water partition coefficient (Wildman–Crippen LogP) is 4.72. The lowest BCUT2D eigenvalue weighted by atomic mass is 10.1. The molecule has 0 aliphatic heterocycles. The molecule has 3 rings (SSSR count). The fourth-order valence-corrected chi connectivity index (χ4v) is 2.34. The number of fused-ring (bicyclic) bond motifs is 1. The van der Waals surface area contributed by atoms with E-state index in [1.807, 2.05) is 24.3 Å². The zero-order valence-electron chi connectivity index (χ0n) is 11.6. The Balaban J connectivity index is 2.14. The van der Waals surface area contributed by atoms with Crippen LogP contribution in [0, 0.1) is 0 Å². The van der Waals surface area contributed by atoms with E-state index in [1.54, 1.807) is 0 Å². The highest BCUT2D eigenvalue weighted by Crippen LogP contribution is 2.28. The second kappa shape index (κ2) is 5.74. The summed E-state index contributed by atoms with van der Waals surface area (Å²) in [6.45, 7) is 3.15. The van der Waals surface area contributed by atoms with Crippen molar-refractivity contribution in [3.63, 3.8) is 0 Å². The number of anilines is 1. The minimum absolute atomic E-state index is 0.974. The Kier molecular flexibility index (Phi) is 3.64. The van der Waals surface area contributed by atoms with Crippen molar-refractivity contribution in [1.29, 1.82) is 0 Å². The average molecular weight is 262 g/mol. The molecule has 0 saturated heterocycles. The Morgan fingerprint density at radius 3 is 2.50 bits per heavy atom. The molecule has 0 aliphatic carbocycles. The van der Waals surface area contributed by atoms with Crippen LogP contribution in [0.1, 0.15) is 13.3 Å². The molecule has 3 aromatic rings. The lowest BCUT2D eigenvalue weighted by molar-refractivity contribution is 0.981. The minimum Gasteiger partial charge on any atom is -0.384 e. The van der Waals surface area contributed by atoms with Gasteiger partial charge in [0, 0.05) is 23.2 Å². The molecule has 20 heavy (non-hydrogen) atoms. The van der Waals surface area contributed by atoms with Crippen LogP contribution in [0.15, 0.2) is 60.7 Å². The summed E-state index contributed by atoms with van der Waals surface area (Å²) < 4.78 is 0. The van der Waals surface area contributed by atoms with E-state index in [1.165, 1.54) is 5.39 Å². The third kappa shape index (κ3) is 2.50. The number of aromatic nitrogens is 1. The molecule has 0 spiro atoms. The third-order valence-electron chi connectivity index (χ3n) is 3.35. The van der Waals surface area contributed by atoms with Crippen LogP contribution in [0.2, 0.25) is 0 Å². The normalized spacial score (nSPS) is 10.7. The molecule has 100 valence electrons. The maximum absolute atomic E-state index is 4.77. The van der Waals surface area contributed by atoms with Gasteiger partial charge in [-0.05, 0) is 18.6 Å². The Bertz CT molecular complexity index is 705. The first-order valence-electron chi connectivity index (χ1n) is 7.07. The Labute approximate surface area is 119 Å². The first kappa shape index (κ1) is 12.7. The smallest absolute Gasteiger partial charge is 0.0730 e. The Morgan fingerprint density at radius 2 is 1.70 bits per heavy atom. The van der Waals surface area contributed by atoms with Gasteiger partial charge in [-0.25, -0.2) is 4.98 Å². The largest absolute Gasteiger partial charge is 0.384 e. The number of rotatable bonds is 4. The van der Waals surface area contributed by atoms with Crippen LogP contribution in [0.4, 0.5) is 5.69 Å². The standard InChI is InChI=1S/C18H18N2/c1-2-12-19-18-13-17(14-8-4-3-5-9-14)20-16-11-7-6-10-15(16)18/h3-11,13H,2,12H2,1H3,(H,19,20). The molecular weight excluding hydrogens is 244 g/mol. The first-order valence-corrected chi connectivity index (χ1v) is 7.07. The van der Waals surface area contributed by atoms with Crippen LogP contribution in [-0.2, 0) is 0 Å². The van der Waals surface area contributed by atoms with Gasteiger partial charge in [0.1, 0.15) is 0 Å². The zero-order chi connectivity index (χ0) is 13.8. The molecule has 0 unspecified atom stereocenters. The summed E-state index contributed by atoms with van der Waals surface area (Å²) in [6, 6.07) is 20.7. The summed E-state index contributed by atoms with van der Waals surface area (Å²) in [5.74, 6) is 0. The van der Waals surface area contributed by atoms with Gasteiger partial charge in [-0.2, -0.15) is 0 Å². The molecule has 1 heterocycles. The number of benzene rings is 2. The van der Waals surface area contributed by atoms with Crippen molar-refractivity contribution in [1.82, 2.24) is 4.98 Å². The summed E-state index contributed by atoms with van der Waals surface area (Å²) in [4.78, 5) is 4.77. The summed E-state index contributed by atoms with van der Waals surface area (Å²) in [5, 5.41) is 4.69. The van der Waals surface area contributed by atoms with Crippen molar-refractivity contribution in [2.45, 2.75) is 13.3 Å². The highest BCUT2D eigenvalue weighted by atomic mass is 14.9. The van der Waals surface area contributed by atoms with Crippen LogP contribution < -0.4 is 5.32 Å². The molecule has 1 N–H and O–H groups in total. The molecular formula is C18H18N2. The average Bonchev–Trinajstić information content (AvgIpc) is 2.53. The van der Waals surface area contributed by atoms with Crippen molar-refractivity contribution < 1.29 is 0 Å². The topological polar surface area (TPSA) is 24.9 Å². The van der Waals surface area contributed by atoms with Gasteiger partial charge < -0.3 is 5.32 Å². The quantitative estimate of drug-likeness (QED) is 0.735. The molecule has 0 radical (unpaired) electrons. The second-order valence-electron chi connectivity index (χ2n) is 4.87. The van der Waals surface area contributed by atoms with Crippen LogP contribution in [-0.4, -0.2) is 11.5 Å². The minimum atomic E-state index is 0.974. The molecule has 0 fully saturated rings. The molecule has 0 atom stereocenters. The van der Waals surface area contributed by atoms with E-state index in [-0.39, 0.29) is 0 Å². The fourth-order valence-electron chi connectivity index (χ4n) is 2.34. The van der Waals surface area contributed by atoms with E-state index < -0.39 is 0 Å². The predicted molar refractivity (Wildman–Crippen MR) is 86.0 cm³/mol. The summed E-state index contributed by atoms with van der Waals surface area (Å²) >= 11 is 0. The molecule has 0 bridgehead atoms. The number of hydrogen-bond acceptors (Lipinski definition) is 2. The van der Waals surface area contributed by atoms with E-state index in [2.05, 4.69) is 48.6 Å². The number of hydrogen-bond donors (Lipinski definition) is 1. The lowest BCUT2D eigenvalue weighted by Gasteiger charge is -2.11. The zero-order valence-corrected chi connectivity index (χ0v) is 11.6. The summed E-state index contributed by atoms with van der Waals surface area (Å²) in [5.41, 5.74) is 4.37. The van der Waals surface area contributed by atoms with E-state index >= 15 is 0 Å². The van der Waals surface area contributed by atoms with E-state index in [9.17, 15) is 0 Å². The number of pyridine rings is 1. The van der Waals surface area contributed by atoms with Crippen LogP contribution in [0.25, 0.3) is 22.2 Å². The highest BCUT2D eigenvalue weighted by Gasteiger charge is 2.06. The fraction of sp³-hybridized carbons (Fsp3) is 0.167. The van der Waals surface area contributed by atoms with Gasteiger partial charge >= 0.3 is 0 Å². The van der Waals surface area contributed by atoms with Crippen LogP contribution in [0.3, 0.4) is 0 Å². The SMILES string of the molecule is CCCNc1cc(-c2ccccc2)nc2ccccc12. The van der Waals surface area contributed by atoms with Gasteiger partial charge in [0.05, 0.1) is 11.2 Å². The maximum atomic E-state index is 4.77. The molecule has 2 aromatic carbocycles. The number of nitrogens with zero attached hydrogens (tertiary/aromatic N) is 1. The molecule has 2 nitrogen and oxygen atoms in total. The molecule has 2 heteroatoms. The Morgan fingerprint density at radius 1 is 0.950 bits per heavy atom. The van der Waals surface area contributed by atoms with Crippen molar-refractivity contribution >= 4 is 16.6 Å². The van der Waals surface area contributed by atoms with Gasteiger partial charge in [0.2, 0.25) is 0 Å². The van der Waals surface area contributed by atoms with Crippen molar-refractivity contribution in [2.75, 3.05) is 11.9 Å². The second-order valence-corrected chi connectivity index (χ2v) is 4.87. The van der Waals surface area contributed by atoms with Crippen LogP contribution >= 0.6 is 0 Å². The first-order chi connectivity index (χ1) is 9.88. The summed E-state index contributed by atoms with van der Waals surface area (Å²) in [6.07, 6.45) is 1.11. The van der Waals surface area contributed by atoms with Gasteiger partial charge in [-0.15, -0.1) is 0 Å². The van der Waals surface area contributed by atoms with Crippen molar-refractivity contribution in [3.05, 3.63) is 60.7 Å². The van der Waals surface area contributed by atoms with Gasteiger partial charge in [0.25, 0.3) is 0 Å². The highest BCUT2D eigenvalue weighted by molar-refractivity contribution is 5.93. The van der Waals surface area contributed by atoms with E-state index in [0.29, 0.717) is 0 Å². The van der Waals surface area contributed by atoms with Crippen molar-refractivity contribution in [2.24, 2.45) is 0 Å². The lowest BCUT2D eigenvalue weighted by Crippen LogP contribution is -2.01. The number of nitrogens with one attached hydrogen (secondary N) is 1. The molecule has 0 saturated carbocycles. The maximum Gasteiger partial charge on any atom is 0.0730 e. The van der Waals surface area contributed by atoms with Crippen LogP contribution in [0.5, 0.6) is 0 Å². The van der Waals surface area contributed by atoms with Gasteiger partial charge in [-0.1, -0.05) is 55.5 Å². The van der Waals surface area contributed by atoms with Gasteiger partial charge in [-0.3, -0.25) is 0 Å². The van der Waals surface area contributed by atoms with E-state index in [0.717, 1.165) is 35.4 Å². The Hall–Kier alpha value is -2.35. The molecule has 1 aromatic heterocycles.